The fraction of sp³-hybridized carbons (Fsp3) is 0.300. The van der Waals surface area contributed by atoms with E-state index in [1.165, 1.54) is 24.3 Å². The van der Waals surface area contributed by atoms with Crippen molar-refractivity contribution in [3.8, 4) is 5.75 Å². The number of aromatic nitrogens is 3. The molecule has 0 saturated carbocycles. The Balaban J connectivity index is 2.08. The lowest BCUT2D eigenvalue weighted by molar-refractivity contribution is -0.121. The molecule has 0 atom stereocenters. The lowest BCUT2D eigenvalue weighted by Crippen LogP contribution is -2.55. The molecule has 0 aliphatic rings. The minimum Gasteiger partial charge on any atom is -0.435 e. The summed E-state index contributed by atoms with van der Waals surface area (Å²) < 4.78 is 30.8. The molecular weight excluding hydrogens is 414 g/mol. The molecule has 0 radical (unpaired) electrons. The van der Waals surface area contributed by atoms with Crippen LogP contribution in [0.15, 0.2) is 64.0 Å². The van der Waals surface area contributed by atoms with Gasteiger partial charge in [-0.1, -0.05) is 24.3 Å². The number of hydrogen-bond donors (Lipinski definition) is 1. The molecule has 11 heteroatoms. The monoisotopic (exact) mass is 436 g/mol. The fourth-order valence-corrected chi connectivity index (χ4v) is 2.77. The van der Waals surface area contributed by atoms with E-state index >= 15 is 0 Å². The van der Waals surface area contributed by atoms with Crippen LogP contribution in [0.2, 0.25) is 0 Å². The maximum Gasteiger partial charge on any atom is 0.387 e. The number of rotatable bonds is 11. The van der Waals surface area contributed by atoms with Crippen LogP contribution in [-0.2, 0) is 30.8 Å². The van der Waals surface area contributed by atoms with Crippen LogP contribution >= 0.6 is 0 Å². The van der Waals surface area contributed by atoms with Crippen molar-refractivity contribution in [3.05, 3.63) is 86.6 Å². The lowest BCUT2D eigenvalue weighted by atomic mass is 10.1. The smallest absolute Gasteiger partial charge is 0.387 e. The van der Waals surface area contributed by atoms with Crippen LogP contribution in [0.4, 0.5) is 8.78 Å². The minimum atomic E-state index is -2.91. The normalized spacial score (nSPS) is 10.7. The molecule has 1 N–H and O–H groups in total. The fourth-order valence-electron chi connectivity index (χ4n) is 2.77. The standard InChI is InChI=1S/C20H22F2N4O5/c1-3-11-24-18(28)25(12-4-2)20(30)26(19(24)29)13-16(27)23-10-9-14-5-7-15(8-6-14)31-17(21)22/h3-8,17H,1-2,9-13H2,(H,23,27). The minimum absolute atomic E-state index is 0.0209. The molecule has 9 nitrogen and oxygen atoms in total. The Morgan fingerprint density at radius 1 is 0.968 bits per heavy atom. The van der Waals surface area contributed by atoms with Crippen molar-refractivity contribution in [1.82, 2.24) is 19.0 Å². The number of nitrogens with one attached hydrogen (secondary N) is 1. The van der Waals surface area contributed by atoms with Crippen molar-refractivity contribution in [1.29, 1.82) is 0 Å². The maximum absolute atomic E-state index is 12.5. The molecule has 2 rings (SSSR count). The van der Waals surface area contributed by atoms with Gasteiger partial charge in [0.05, 0.1) is 13.1 Å². The highest BCUT2D eigenvalue weighted by Gasteiger charge is 2.16. The topological polar surface area (TPSA) is 104 Å². The molecule has 2 aromatic rings. The van der Waals surface area contributed by atoms with Crippen LogP contribution in [0.1, 0.15) is 5.56 Å². The van der Waals surface area contributed by atoms with Crippen molar-refractivity contribution in [2.75, 3.05) is 6.54 Å². The summed E-state index contributed by atoms with van der Waals surface area (Å²) in [5, 5.41) is 2.57. The molecule has 0 saturated heterocycles. The predicted molar refractivity (Wildman–Crippen MR) is 109 cm³/mol. The van der Waals surface area contributed by atoms with E-state index in [0.29, 0.717) is 11.0 Å². The lowest BCUT2D eigenvalue weighted by Gasteiger charge is -2.12. The van der Waals surface area contributed by atoms with E-state index in [-0.39, 0.29) is 25.4 Å². The number of alkyl halides is 2. The zero-order valence-electron chi connectivity index (χ0n) is 16.6. The van der Waals surface area contributed by atoms with Crippen LogP contribution in [-0.4, -0.2) is 32.8 Å². The van der Waals surface area contributed by atoms with Gasteiger partial charge in [-0.2, -0.15) is 8.78 Å². The zero-order chi connectivity index (χ0) is 23.0. The van der Waals surface area contributed by atoms with Crippen molar-refractivity contribution in [2.24, 2.45) is 0 Å². The average Bonchev–Trinajstić information content (AvgIpc) is 2.72. The van der Waals surface area contributed by atoms with Gasteiger partial charge in [0.25, 0.3) is 0 Å². The molecular formula is C20H22F2N4O5. The van der Waals surface area contributed by atoms with E-state index < -0.39 is 36.1 Å². The second-order valence-electron chi connectivity index (χ2n) is 6.35. The summed E-state index contributed by atoms with van der Waals surface area (Å²) >= 11 is 0. The molecule has 31 heavy (non-hydrogen) atoms. The molecule has 1 amide bonds. The summed E-state index contributed by atoms with van der Waals surface area (Å²) in [6.45, 7) is 3.39. The molecule has 0 aliphatic carbocycles. The Labute approximate surface area is 175 Å². The molecule has 0 spiro atoms. The molecule has 0 unspecified atom stereocenters. The van der Waals surface area contributed by atoms with E-state index in [0.717, 1.165) is 14.7 Å². The first-order valence-corrected chi connectivity index (χ1v) is 9.25. The number of ether oxygens (including phenoxy) is 1. The van der Waals surface area contributed by atoms with Gasteiger partial charge in [-0.15, -0.1) is 13.2 Å². The van der Waals surface area contributed by atoms with Gasteiger partial charge in [0.1, 0.15) is 12.3 Å². The summed E-state index contributed by atoms with van der Waals surface area (Å²) in [6.07, 6.45) is 3.04. The van der Waals surface area contributed by atoms with E-state index in [2.05, 4.69) is 23.2 Å². The summed E-state index contributed by atoms with van der Waals surface area (Å²) in [7, 11) is 0. The molecule has 0 aliphatic heterocycles. The Hall–Kier alpha value is -3.76. The summed E-state index contributed by atoms with van der Waals surface area (Å²) in [6, 6.07) is 5.92. The highest BCUT2D eigenvalue weighted by molar-refractivity contribution is 5.75. The van der Waals surface area contributed by atoms with Gasteiger partial charge in [-0.25, -0.2) is 28.1 Å². The Kier molecular flexibility index (Phi) is 8.24. The van der Waals surface area contributed by atoms with Gasteiger partial charge in [0.15, 0.2) is 0 Å². The number of carbonyl (C=O) groups is 1. The first-order valence-electron chi connectivity index (χ1n) is 9.25. The number of nitrogens with zero attached hydrogens (tertiary/aromatic N) is 3. The predicted octanol–water partition coefficient (Wildman–Crippen LogP) is 0.504. The largest absolute Gasteiger partial charge is 0.435 e. The number of carbonyl (C=O) groups excluding carboxylic acids is 1. The number of amides is 1. The number of benzene rings is 1. The highest BCUT2D eigenvalue weighted by Crippen LogP contribution is 2.14. The molecule has 166 valence electrons. The first kappa shape index (κ1) is 23.5. The third-order valence-electron chi connectivity index (χ3n) is 4.19. The van der Waals surface area contributed by atoms with Crippen LogP contribution in [0.3, 0.4) is 0 Å². The summed E-state index contributed by atoms with van der Waals surface area (Å²) in [5.41, 5.74) is -1.89. The van der Waals surface area contributed by atoms with Crippen LogP contribution in [0.5, 0.6) is 5.75 Å². The van der Waals surface area contributed by atoms with E-state index in [1.54, 1.807) is 12.1 Å². The van der Waals surface area contributed by atoms with Crippen molar-refractivity contribution < 1.29 is 18.3 Å². The highest BCUT2D eigenvalue weighted by atomic mass is 19.3. The average molecular weight is 436 g/mol. The van der Waals surface area contributed by atoms with E-state index in [1.807, 2.05) is 0 Å². The van der Waals surface area contributed by atoms with Crippen LogP contribution < -0.4 is 27.1 Å². The molecule has 1 aromatic carbocycles. The Morgan fingerprint density at radius 2 is 1.48 bits per heavy atom. The second-order valence-corrected chi connectivity index (χ2v) is 6.35. The molecule has 1 heterocycles. The van der Waals surface area contributed by atoms with Crippen LogP contribution in [0.25, 0.3) is 0 Å². The number of hydrogen-bond acceptors (Lipinski definition) is 5. The number of halogens is 2. The van der Waals surface area contributed by atoms with Gasteiger partial charge in [-0.05, 0) is 24.1 Å². The molecule has 1 aromatic heterocycles. The third kappa shape index (κ3) is 6.11. The Bertz CT molecular complexity index is 1070. The van der Waals surface area contributed by atoms with E-state index in [9.17, 15) is 28.0 Å². The maximum atomic E-state index is 12.5. The van der Waals surface area contributed by atoms with Crippen LogP contribution in [0, 0.1) is 0 Å². The first-order chi connectivity index (χ1) is 14.8. The van der Waals surface area contributed by atoms with Gasteiger partial charge in [0, 0.05) is 6.54 Å². The van der Waals surface area contributed by atoms with E-state index in [4.69, 9.17) is 0 Å². The third-order valence-corrected chi connectivity index (χ3v) is 4.19. The van der Waals surface area contributed by atoms with Crippen molar-refractivity contribution in [3.63, 3.8) is 0 Å². The SMILES string of the molecule is C=CCn1c(=O)n(CC=C)c(=O)n(CC(=O)NCCc2ccc(OC(F)F)cc2)c1=O. The molecule has 0 fully saturated rings. The van der Waals surface area contributed by atoms with Crippen molar-refractivity contribution >= 4 is 5.91 Å². The van der Waals surface area contributed by atoms with Crippen molar-refractivity contribution in [2.45, 2.75) is 32.7 Å². The summed E-state index contributed by atoms with van der Waals surface area (Å²) in [4.78, 5) is 49.5. The van der Waals surface area contributed by atoms with Gasteiger partial charge < -0.3 is 10.1 Å². The Morgan fingerprint density at radius 3 is 1.97 bits per heavy atom. The second kappa shape index (κ2) is 10.9. The zero-order valence-corrected chi connectivity index (χ0v) is 16.6. The quantitative estimate of drug-likeness (QED) is 0.517. The van der Waals surface area contributed by atoms with Gasteiger partial charge >= 0.3 is 23.7 Å². The number of allylic oxidation sites excluding steroid dienone is 2. The van der Waals surface area contributed by atoms with Gasteiger partial charge in [0.2, 0.25) is 5.91 Å². The summed E-state index contributed by atoms with van der Waals surface area (Å²) in [5.74, 6) is -0.585. The van der Waals surface area contributed by atoms with Gasteiger partial charge in [-0.3, -0.25) is 4.79 Å². The molecule has 0 bridgehead atoms.